The Hall–Kier alpha value is -2.34. The second-order valence-corrected chi connectivity index (χ2v) is 6.98. The summed E-state index contributed by atoms with van der Waals surface area (Å²) in [5, 5.41) is 3.07. The van der Waals surface area contributed by atoms with Gasteiger partial charge in [-0.25, -0.2) is 0 Å². The molecule has 0 aliphatic heterocycles. The van der Waals surface area contributed by atoms with Gasteiger partial charge in [-0.1, -0.05) is 24.6 Å². The summed E-state index contributed by atoms with van der Waals surface area (Å²) in [6, 6.07) is 7.85. The highest BCUT2D eigenvalue weighted by atomic mass is 32.1. The third-order valence-electron chi connectivity index (χ3n) is 3.76. The lowest BCUT2D eigenvalue weighted by atomic mass is 10.1. The number of hydrogen-bond acceptors (Lipinski definition) is 4. The van der Waals surface area contributed by atoms with Gasteiger partial charge in [0.25, 0.3) is 11.8 Å². The van der Waals surface area contributed by atoms with Crippen LogP contribution in [0.3, 0.4) is 0 Å². The number of carbonyl (C=O) groups is 2. The smallest absolute Gasteiger partial charge is 0.279 e. The van der Waals surface area contributed by atoms with Crippen molar-refractivity contribution in [3.8, 4) is 0 Å². The summed E-state index contributed by atoms with van der Waals surface area (Å²) in [5.41, 5.74) is 9.21. The Bertz CT molecular complexity index is 753. The summed E-state index contributed by atoms with van der Waals surface area (Å²) < 4.78 is 0. The number of aryl methyl sites for hydroxylation is 4. The molecule has 6 heteroatoms. The predicted molar refractivity (Wildman–Crippen MR) is 98.4 cm³/mol. The maximum Gasteiger partial charge on any atom is 0.279 e. The van der Waals surface area contributed by atoms with Crippen LogP contribution in [0.25, 0.3) is 0 Å². The van der Waals surface area contributed by atoms with Gasteiger partial charge < -0.3 is 5.32 Å². The maximum absolute atomic E-state index is 12.1. The van der Waals surface area contributed by atoms with Crippen molar-refractivity contribution in [2.24, 2.45) is 0 Å². The minimum Gasteiger partial charge on any atom is -0.376 e. The van der Waals surface area contributed by atoms with E-state index in [1.807, 2.05) is 45.0 Å². The van der Waals surface area contributed by atoms with Gasteiger partial charge in [0.15, 0.2) is 0 Å². The van der Waals surface area contributed by atoms with Crippen molar-refractivity contribution >= 4 is 28.8 Å². The first-order valence-corrected chi connectivity index (χ1v) is 8.72. The molecule has 0 fully saturated rings. The fourth-order valence-electron chi connectivity index (χ4n) is 2.40. The number of rotatable bonds is 5. The van der Waals surface area contributed by atoms with Crippen molar-refractivity contribution in [3.63, 3.8) is 0 Å². The van der Waals surface area contributed by atoms with Crippen molar-refractivity contribution in [1.29, 1.82) is 0 Å². The average molecular weight is 345 g/mol. The number of hydrogen-bond donors (Lipinski definition) is 3. The average Bonchev–Trinajstić information content (AvgIpc) is 2.92. The largest absolute Gasteiger partial charge is 0.376 e. The van der Waals surface area contributed by atoms with Gasteiger partial charge in [0.1, 0.15) is 0 Å². The van der Waals surface area contributed by atoms with E-state index in [9.17, 15) is 9.59 Å². The molecule has 2 aromatic rings. The number of carbonyl (C=O) groups excluding carboxylic acids is 2. The lowest BCUT2D eigenvalue weighted by molar-refractivity contribution is -0.120. The third-order valence-corrected chi connectivity index (χ3v) is 4.85. The SMILES string of the molecule is CCc1cc(C(=O)NNC(=O)CNc2ccc(C)cc2C)sc1C. The maximum atomic E-state index is 12.1. The number of nitrogens with one attached hydrogen (secondary N) is 3. The molecule has 128 valence electrons. The van der Waals surface area contributed by atoms with Gasteiger partial charge in [0, 0.05) is 10.6 Å². The molecule has 0 unspecified atom stereocenters. The van der Waals surface area contributed by atoms with E-state index < -0.39 is 0 Å². The Kier molecular flexibility index (Phi) is 5.98. The standard InChI is InChI=1S/C18H23N3O2S/c1-5-14-9-16(24-13(14)4)18(23)21-20-17(22)10-19-15-7-6-11(2)8-12(15)3/h6-9,19H,5,10H2,1-4H3,(H,20,22)(H,21,23). The summed E-state index contributed by atoms with van der Waals surface area (Å²) >= 11 is 1.43. The van der Waals surface area contributed by atoms with Crippen LogP contribution < -0.4 is 16.2 Å². The highest BCUT2D eigenvalue weighted by molar-refractivity contribution is 7.14. The summed E-state index contributed by atoms with van der Waals surface area (Å²) in [6.07, 6.45) is 0.891. The van der Waals surface area contributed by atoms with Crippen molar-refractivity contribution in [3.05, 3.63) is 50.7 Å². The monoisotopic (exact) mass is 345 g/mol. The van der Waals surface area contributed by atoms with Gasteiger partial charge in [-0.2, -0.15) is 0 Å². The van der Waals surface area contributed by atoms with Crippen molar-refractivity contribution in [1.82, 2.24) is 10.9 Å². The fraction of sp³-hybridized carbons (Fsp3) is 0.333. The lowest BCUT2D eigenvalue weighted by Gasteiger charge is -2.11. The van der Waals surface area contributed by atoms with E-state index in [2.05, 4.69) is 23.1 Å². The zero-order valence-corrected chi connectivity index (χ0v) is 15.3. The first-order chi connectivity index (χ1) is 11.4. The Morgan fingerprint density at radius 2 is 1.83 bits per heavy atom. The molecular weight excluding hydrogens is 322 g/mol. The molecule has 24 heavy (non-hydrogen) atoms. The summed E-state index contributed by atoms with van der Waals surface area (Å²) in [7, 11) is 0. The molecule has 2 rings (SSSR count). The van der Waals surface area contributed by atoms with Crippen LogP contribution in [-0.2, 0) is 11.2 Å². The van der Waals surface area contributed by atoms with E-state index in [1.165, 1.54) is 16.9 Å². The molecule has 0 bridgehead atoms. The van der Waals surface area contributed by atoms with Gasteiger partial charge in [0.2, 0.25) is 0 Å². The molecule has 5 nitrogen and oxygen atoms in total. The van der Waals surface area contributed by atoms with Crippen LogP contribution in [0.5, 0.6) is 0 Å². The minimum atomic E-state index is -0.299. The number of hydrazine groups is 1. The Labute approximate surface area is 146 Å². The summed E-state index contributed by atoms with van der Waals surface area (Å²) in [5.74, 6) is -0.588. The Balaban J connectivity index is 1.83. The van der Waals surface area contributed by atoms with Crippen LogP contribution in [0.1, 0.15) is 38.2 Å². The van der Waals surface area contributed by atoms with Crippen molar-refractivity contribution in [2.45, 2.75) is 34.1 Å². The van der Waals surface area contributed by atoms with Gasteiger partial charge in [-0.05, 0) is 50.5 Å². The second-order valence-electron chi connectivity index (χ2n) is 5.72. The molecule has 2 amide bonds. The van der Waals surface area contributed by atoms with Crippen LogP contribution >= 0.6 is 11.3 Å². The second kappa shape index (κ2) is 7.97. The number of amides is 2. The molecule has 3 N–H and O–H groups in total. The van der Waals surface area contributed by atoms with Crippen molar-refractivity contribution in [2.75, 3.05) is 11.9 Å². The topological polar surface area (TPSA) is 70.2 Å². The van der Waals surface area contributed by atoms with Crippen LogP contribution in [0.4, 0.5) is 5.69 Å². The molecule has 0 radical (unpaired) electrons. The van der Waals surface area contributed by atoms with E-state index in [1.54, 1.807) is 0 Å². The summed E-state index contributed by atoms with van der Waals surface area (Å²) in [6.45, 7) is 8.15. The first kappa shape index (κ1) is 18.0. The highest BCUT2D eigenvalue weighted by Gasteiger charge is 2.12. The van der Waals surface area contributed by atoms with E-state index in [0.29, 0.717) is 4.88 Å². The number of anilines is 1. The fourth-order valence-corrected chi connectivity index (χ4v) is 3.41. The van der Waals surface area contributed by atoms with E-state index >= 15 is 0 Å². The minimum absolute atomic E-state index is 0.0911. The molecule has 0 aliphatic carbocycles. The molecule has 0 saturated carbocycles. The highest BCUT2D eigenvalue weighted by Crippen LogP contribution is 2.21. The quantitative estimate of drug-likeness (QED) is 0.729. The van der Waals surface area contributed by atoms with Gasteiger partial charge in [-0.15, -0.1) is 11.3 Å². The molecular formula is C18H23N3O2S. The van der Waals surface area contributed by atoms with Crippen LogP contribution in [-0.4, -0.2) is 18.4 Å². The zero-order valence-electron chi connectivity index (χ0n) is 14.4. The van der Waals surface area contributed by atoms with Crippen molar-refractivity contribution < 1.29 is 9.59 Å². The number of thiophene rings is 1. The molecule has 1 aromatic carbocycles. The molecule has 0 saturated heterocycles. The van der Waals surface area contributed by atoms with E-state index in [0.717, 1.165) is 28.1 Å². The normalized spacial score (nSPS) is 10.3. The van der Waals surface area contributed by atoms with E-state index in [-0.39, 0.29) is 18.4 Å². The van der Waals surface area contributed by atoms with Gasteiger partial charge in [0.05, 0.1) is 11.4 Å². The zero-order chi connectivity index (χ0) is 17.7. The van der Waals surface area contributed by atoms with Crippen LogP contribution in [0.15, 0.2) is 24.3 Å². The van der Waals surface area contributed by atoms with Crippen LogP contribution in [0, 0.1) is 20.8 Å². The third kappa shape index (κ3) is 4.58. The molecule has 0 atom stereocenters. The lowest BCUT2D eigenvalue weighted by Crippen LogP contribution is -2.43. The van der Waals surface area contributed by atoms with Gasteiger partial charge in [-0.3, -0.25) is 20.4 Å². The summed E-state index contributed by atoms with van der Waals surface area (Å²) in [4.78, 5) is 25.7. The van der Waals surface area contributed by atoms with E-state index in [4.69, 9.17) is 0 Å². The Morgan fingerprint density at radius 3 is 2.46 bits per heavy atom. The van der Waals surface area contributed by atoms with Crippen LogP contribution in [0.2, 0.25) is 0 Å². The number of benzene rings is 1. The molecule has 0 aliphatic rings. The Morgan fingerprint density at radius 1 is 1.08 bits per heavy atom. The molecule has 1 aromatic heterocycles. The van der Waals surface area contributed by atoms with Gasteiger partial charge >= 0.3 is 0 Å². The predicted octanol–water partition coefficient (Wildman–Crippen LogP) is 3.11. The molecule has 1 heterocycles. The first-order valence-electron chi connectivity index (χ1n) is 7.90. The molecule has 0 spiro atoms.